The number of carbonyl (C=O) groups excluding carboxylic acids is 1. The average molecular weight is 278 g/mol. The van der Waals surface area contributed by atoms with Gasteiger partial charge in [-0.15, -0.1) is 0 Å². The van der Waals surface area contributed by atoms with E-state index in [0.29, 0.717) is 18.7 Å². The molecule has 0 saturated carbocycles. The summed E-state index contributed by atoms with van der Waals surface area (Å²) in [5, 5.41) is 15.7. The Labute approximate surface area is 114 Å². The van der Waals surface area contributed by atoms with Crippen molar-refractivity contribution < 1.29 is 9.90 Å². The summed E-state index contributed by atoms with van der Waals surface area (Å²) in [6.45, 7) is 2.89. The zero-order valence-electron chi connectivity index (χ0n) is 10.4. The topological polar surface area (TPSA) is 87.1 Å². The minimum absolute atomic E-state index is 0.143. The van der Waals surface area contributed by atoms with Crippen molar-refractivity contribution in [3.63, 3.8) is 0 Å². The zero-order chi connectivity index (χ0) is 13.7. The van der Waals surface area contributed by atoms with E-state index in [0.717, 1.165) is 11.0 Å². The molecule has 2 rings (SSSR count). The van der Waals surface area contributed by atoms with Crippen LogP contribution in [0.1, 0.15) is 16.2 Å². The average Bonchev–Trinajstić information content (AvgIpc) is 2.81. The molecule has 0 radical (unpaired) electrons. The number of aromatic nitrogens is 2. The number of amides is 1. The van der Waals surface area contributed by atoms with Crippen LogP contribution in [0.3, 0.4) is 0 Å². The normalized spacial score (nSPS) is 10.2. The molecule has 0 atom stereocenters. The first-order valence-electron chi connectivity index (χ1n) is 5.76. The van der Waals surface area contributed by atoms with Crippen molar-refractivity contribution in [3.8, 4) is 5.75 Å². The quantitative estimate of drug-likeness (QED) is 0.719. The molecule has 1 heterocycles. The third-order valence-electron chi connectivity index (χ3n) is 2.34. The summed E-state index contributed by atoms with van der Waals surface area (Å²) in [6, 6.07) is 6.12. The Bertz CT molecular complexity index is 553. The molecular formula is C12H14N4O2S. The first-order valence-corrected chi connectivity index (χ1v) is 6.54. The van der Waals surface area contributed by atoms with Gasteiger partial charge in [0.2, 0.25) is 5.13 Å². The van der Waals surface area contributed by atoms with Gasteiger partial charge in [0.25, 0.3) is 5.91 Å². The van der Waals surface area contributed by atoms with E-state index in [2.05, 4.69) is 20.0 Å². The van der Waals surface area contributed by atoms with Crippen molar-refractivity contribution in [2.75, 3.05) is 18.4 Å². The van der Waals surface area contributed by atoms with Gasteiger partial charge in [-0.05, 0) is 31.2 Å². The van der Waals surface area contributed by atoms with Gasteiger partial charge < -0.3 is 15.7 Å². The summed E-state index contributed by atoms with van der Waals surface area (Å²) in [4.78, 5) is 15.9. The fourth-order valence-electron chi connectivity index (χ4n) is 1.43. The van der Waals surface area contributed by atoms with Gasteiger partial charge in [0.05, 0.1) is 0 Å². The largest absolute Gasteiger partial charge is 0.508 e. The third-order valence-corrected chi connectivity index (χ3v) is 3.11. The van der Waals surface area contributed by atoms with Gasteiger partial charge in [0, 0.05) is 30.2 Å². The van der Waals surface area contributed by atoms with Crippen LogP contribution in [0.25, 0.3) is 0 Å². The Kier molecular flexibility index (Phi) is 4.30. The first-order chi connectivity index (χ1) is 9.15. The van der Waals surface area contributed by atoms with Crippen LogP contribution in [-0.2, 0) is 0 Å². The number of phenolic OH excluding ortho intramolecular Hbond substituents is 1. The van der Waals surface area contributed by atoms with Crippen molar-refractivity contribution in [1.29, 1.82) is 0 Å². The van der Waals surface area contributed by atoms with Crippen molar-refractivity contribution in [3.05, 3.63) is 35.7 Å². The van der Waals surface area contributed by atoms with Crippen molar-refractivity contribution in [2.45, 2.75) is 6.92 Å². The molecule has 0 bridgehead atoms. The standard InChI is InChI=1S/C12H14N4O2S/c1-8-15-12(19-16-8)14-7-6-13-11(18)9-2-4-10(17)5-3-9/h2-5,17H,6-7H2,1H3,(H,13,18)(H,14,15,16). The number of hydrogen-bond donors (Lipinski definition) is 3. The lowest BCUT2D eigenvalue weighted by Crippen LogP contribution is -2.28. The summed E-state index contributed by atoms with van der Waals surface area (Å²) < 4.78 is 4.04. The number of rotatable bonds is 5. The van der Waals surface area contributed by atoms with Gasteiger partial charge in [-0.2, -0.15) is 4.37 Å². The molecule has 0 aliphatic carbocycles. The lowest BCUT2D eigenvalue weighted by atomic mass is 10.2. The Morgan fingerprint density at radius 1 is 1.32 bits per heavy atom. The maximum atomic E-state index is 11.7. The highest BCUT2D eigenvalue weighted by molar-refractivity contribution is 7.09. The molecule has 0 saturated heterocycles. The Balaban J connectivity index is 1.73. The summed E-state index contributed by atoms with van der Waals surface area (Å²) in [6.07, 6.45) is 0. The molecule has 0 fully saturated rings. The maximum Gasteiger partial charge on any atom is 0.251 e. The van der Waals surface area contributed by atoms with Gasteiger partial charge in [0.15, 0.2) is 0 Å². The van der Waals surface area contributed by atoms with Crippen LogP contribution < -0.4 is 10.6 Å². The summed E-state index contributed by atoms with van der Waals surface area (Å²) in [7, 11) is 0. The predicted molar refractivity (Wildman–Crippen MR) is 73.6 cm³/mol. The number of nitrogens with zero attached hydrogens (tertiary/aromatic N) is 2. The Hall–Kier alpha value is -2.15. The second-order valence-electron chi connectivity index (χ2n) is 3.88. The van der Waals surface area contributed by atoms with Crippen LogP contribution >= 0.6 is 11.5 Å². The molecule has 1 aromatic carbocycles. The molecule has 3 N–H and O–H groups in total. The fraction of sp³-hybridized carbons (Fsp3) is 0.250. The van der Waals surface area contributed by atoms with Crippen LogP contribution in [0.4, 0.5) is 5.13 Å². The minimum atomic E-state index is -0.171. The smallest absolute Gasteiger partial charge is 0.251 e. The molecule has 6 nitrogen and oxygen atoms in total. The van der Waals surface area contributed by atoms with Crippen LogP contribution in [-0.4, -0.2) is 33.5 Å². The Morgan fingerprint density at radius 2 is 2.05 bits per heavy atom. The summed E-state index contributed by atoms with van der Waals surface area (Å²) >= 11 is 1.29. The molecule has 0 spiro atoms. The maximum absolute atomic E-state index is 11.7. The van der Waals surface area contributed by atoms with Crippen molar-refractivity contribution in [2.24, 2.45) is 0 Å². The second-order valence-corrected chi connectivity index (χ2v) is 4.63. The van der Waals surface area contributed by atoms with E-state index < -0.39 is 0 Å². The second kappa shape index (κ2) is 6.14. The van der Waals surface area contributed by atoms with E-state index in [1.807, 2.05) is 6.92 Å². The molecule has 2 aromatic rings. The van der Waals surface area contributed by atoms with Gasteiger partial charge in [-0.25, -0.2) is 4.98 Å². The number of nitrogens with one attached hydrogen (secondary N) is 2. The fourth-order valence-corrected chi connectivity index (χ4v) is 2.03. The van der Waals surface area contributed by atoms with Crippen LogP contribution in [0, 0.1) is 6.92 Å². The molecule has 0 aliphatic rings. The molecular weight excluding hydrogens is 264 g/mol. The molecule has 1 aromatic heterocycles. The number of aromatic hydroxyl groups is 1. The van der Waals surface area contributed by atoms with E-state index in [1.165, 1.54) is 23.7 Å². The SMILES string of the molecule is Cc1nsc(NCCNC(=O)c2ccc(O)cc2)n1. The van der Waals surface area contributed by atoms with Gasteiger partial charge >= 0.3 is 0 Å². The van der Waals surface area contributed by atoms with E-state index in [1.54, 1.807) is 12.1 Å². The predicted octanol–water partition coefficient (Wildman–Crippen LogP) is 1.39. The molecule has 0 aliphatic heterocycles. The van der Waals surface area contributed by atoms with Gasteiger partial charge in [-0.1, -0.05) is 0 Å². The highest BCUT2D eigenvalue weighted by Gasteiger charge is 2.04. The van der Waals surface area contributed by atoms with Crippen LogP contribution in [0.15, 0.2) is 24.3 Å². The number of anilines is 1. The van der Waals surface area contributed by atoms with E-state index in [9.17, 15) is 4.79 Å². The van der Waals surface area contributed by atoms with E-state index >= 15 is 0 Å². The summed E-state index contributed by atoms with van der Waals surface area (Å²) in [5.41, 5.74) is 0.518. The molecule has 0 unspecified atom stereocenters. The molecule has 19 heavy (non-hydrogen) atoms. The monoisotopic (exact) mass is 278 g/mol. The summed E-state index contributed by atoms with van der Waals surface area (Å²) in [5.74, 6) is 0.709. The zero-order valence-corrected chi connectivity index (χ0v) is 11.2. The van der Waals surface area contributed by atoms with Crippen LogP contribution in [0.5, 0.6) is 5.75 Å². The lowest BCUT2D eigenvalue weighted by molar-refractivity contribution is 0.0955. The Morgan fingerprint density at radius 3 is 2.68 bits per heavy atom. The van der Waals surface area contributed by atoms with E-state index in [4.69, 9.17) is 5.11 Å². The van der Waals surface area contributed by atoms with Gasteiger partial charge in [0.1, 0.15) is 11.6 Å². The number of hydrogen-bond acceptors (Lipinski definition) is 6. The van der Waals surface area contributed by atoms with Crippen molar-refractivity contribution in [1.82, 2.24) is 14.7 Å². The number of phenols is 1. The molecule has 100 valence electrons. The number of carbonyl (C=O) groups is 1. The third kappa shape index (κ3) is 3.92. The van der Waals surface area contributed by atoms with Gasteiger partial charge in [-0.3, -0.25) is 4.79 Å². The lowest BCUT2D eigenvalue weighted by Gasteiger charge is -2.05. The first kappa shape index (κ1) is 13.3. The molecule has 7 heteroatoms. The molecule has 1 amide bonds. The van der Waals surface area contributed by atoms with E-state index in [-0.39, 0.29) is 11.7 Å². The minimum Gasteiger partial charge on any atom is -0.508 e. The van der Waals surface area contributed by atoms with Crippen molar-refractivity contribution >= 4 is 22.6 Å². The number of aryl methyl sites for hydroxylation is 1. The highest BCUT2D eigenvalue weighted by atomic mass is 32.1. The van der Waals surface area contributed by atoms with Crippen LogP contribution in [0.2, 0.25) is 0 Å². The number of benzene rings is 1. The highest BCUT2D eigenvalue weighted by Crippen LogP contribution is 2.10.